The van der Waals surface area contributed by atoms with E-state index >= 15 is 0 Å². The highest BCUT2D eigenvalue weighted by atomic mass is 19.4. The highest BCUT2D eigenvalue weighted by Crippen LogP contribution is 2.30. The molecule has 0 spiro atoms. The molecule has 19 heavy (non-hydrogen) atoms. The zero-order valence-corrected chi connectivity index (χ0v) is 11.0. The van der Waals surface area contributed by atoms with Gasteiger partial charge in [-0.3, -0.25) is 9.59 Å². The Morgan fingerprint density at radius 2 is 1.68 bits per heavy atom. The molecule has 0 aromatic heterocycles. The van der Waals surface area contributed by atoms with Crippen molar-refractivity contribution in [2.45, 2.75) is 33.4 Å². The molecule has 1 rings (SSSR count). The zero-order valence-electron chi connectivity index (χ0n) is 11.0. The van der Waals surface area contributed by atoms with Crippen molar-refractivity contribution in [2.24, 2.45) is 5.41 Å². The lowest BCUT2D eigenvalue weighted by Gasteiger charge is -2.16. The number of hydrogen-bond acceptors (Lipinski definition) is 2. The zero-order chi connectivity index (χ0) is 14.8. The third-order valence-electron chi connectivity index (χ3n) is 2.67. The van der Waals surface area contributed by atoms with E-state index < -0.39 is 22.9 Å². The quantitative estimate of drug-likeness (QED) is 0.618. The van der Waals surface area contributed by atoms with Crippen LogP contribution in [-0.4, -0.2) is 11.6 Å². The number of benzene rings is 1. The van der Waals surface area contributed by atoms with Crippen molar-refractivity contribution in [1.29, 1.82) is 0 Å². The molecule has 0 atom stereocenters. The van der Waals surface area contributed by atoms with Gasteiger partial charge in [-0.1, -0.05) is 32.9 Å². The Morgan fingerprint density at radius 1 is 1.11 bits per heavy atom. The largest absolute Gasteiger partial charge is 0.416 e. The molecule has 0 aliphatic rings. The molecule has 1 aromatic carbocycles. The predicted molar refractivity (Wildman–Crippen MR) is 64.9 cm³/mol. The summed E-state index contributed by atoms with van der Waals surface area (Å²) in [5.74, 6) is -0.888. The van der Waals surface area contributed by atoms with Crippen molar-refractivity contribution >= 4 is 11.6 Å². The van der Waals surface area contributed by atoms with Crippen LogP contribution in [-0.2, 0) is 11.0 Å². The summed E-state index contributed by atoms with van der Waals surface area (Å²) in [5.41, 5.74) is -1.66. The number of ketones is 2. The minimum Gasteiger partial charge on any atom is -0.299 e. The third-order valence-corrected chi connectivity index (χ3v) is 2.67. The summed E-state index contributed by atoms with van der Waals surface area (Å²) in [6.45, 7) is 4.98. The standard InChI is InChI=1S/C14H15F3O2/c1-13(2,3)12(19)8-11(18)9-5-4-6-10(7-9)14(15,16)17/h4-7H,8H2,1-3H3. The maximum absolute atomic E-state index is 12.5. The van der Waals surface area contributed by atoms with Gasteiger partial charge in [0.25, 0.3) is 0 Å². The molecule has 0 amide bonds. The fraction of sp³-hybridized carbons (Fsp3) is 0.429. The average Bonchev–Trinajstić information content (AvgIpc) is 2.26. The predicted octanol–water partition coefficient (Wildman–Crippen LogP) is 3.89. The van der Waals surface area contributed by atoms with Crippen LogP contribution in [0.25, 0.3) is 0 Å². The molecule has 5 heteroatoms. The molecule has 0 bridgehead atoms. The van der Waals surface area contributed by atoms with E-state index in [2.05, 4.69) is 0 Å². The molecular formula is C14H15F3O2. The first-order valence-electron chi connectivity index (χ1n) is 5.75. The average molecular weight is 272 g/mol. The van der Waals surface area contributed by atoms with Crippen LogP contribution in [0.4, 0.5) is 13.2 Å². The molecule has 0 aliphatic heterocycles. The summed E-state index contributed by atoms with van der Waals surface area (Å²) < 4.78 is 37.5. The van der Waals surface area contributed by atoms with Gasteiger partial charge in [-0.2, -0.15) is 13.2 Å². The first-order valence-corrected chi connectivity index (χ1v) is 5.75. The fourth-order valence-corrected chi connectivity index (χ4v) is 1.38. The molecule has 0 unspecified atom stereocenters. The maximum atomic E-state index is 12.5. The van der Waals surface area contributed by atoms with Crippen molar-refractivity contribution in [3.8, 4) is 0 Å². The van der Waals surface area contributed by atoms with Gasteiger partial charge in [0.05, 0.1) is 12.0 Å². The van der Waals surface area contributed by atoms with Crippen molar-refractivity contribution in [2.75, 3.05) is 0 Å². The summed E-state index contributed by atoms with van der Waals surface area (Å²) in [4.78, 5) is 23.5. The SMILES string of the molecule is CC(C)(C)C(=O)CC(=O)c1cccc(C(F)(F)F)c1. The smallest absolute Gasteiger partial charge is 0.299 e. The van der Waals surface area contributed by atoms with E-state index in [-0.39, 0.29) is 17.8 Å². The maximum Gasteiger partial charge on any atom is 0.416 e. The Balaban J connectivity index is 2.93. The van der Waals surface area contributed by atoms with Crippen LogP contribution >= 0.6 is 0 Å². The van der Waals surface area contributed by atoms with Crippen LogP contribution in [0.2, 0.25) is 0 Å². The Bertz CT molecular complexity index is 496. The Kier molecular flexibility index (Phi) is 4.18. The second-order valence-electron chi connectivity index (χ2n) is 5.35. The molecule has 0 saturated heterocycles. The Morgan fingerprint density at radius 3 is 2.16 bits per heavy atom. The molecule has 0 fully saturated rings. The molecule has 0 heterocycles. The Labute approximate surface area is 109 Å². The van der Waals surface area contributed by atoms with Crippen LogP contribution in [0, 0.1) is 5.41 Å². The number of carbonyl (C=O) groups is 2. The van der Waals surface area contributed by atoms with Gasteiger partial charge in [-0.15, -0.1) is 0 Å². The summed E-state index contributed by atoms with van der Waals surface area (Å²) >= 11 is 0. The molecule has 2 nitrogen and oxygen atoms in total. The molecule has 104 valence electrons. The molecule has 0 radical (unpaired) electrons. The molecular weight excluding hydrogens is 257 g/mol. The second-order valence-corrected chi connectivity index (χ2v) is 5.35. The molecule has 1 aromatic rings. The van der Waals surface area contributed by atoms with Crippen LogP contribution < -0.4 is 0 Å². The van der Waals surface area contributed by atoms with E-state index in [4.69, 9.17) is 0 Å². The second kappa shape index (κ2) is 5.15. The number of Topliss-reactive ketones (excluding diaryl/α,β-unsaturated/α-hetero) is 2. The topological polar surface area (TPSA) is 34.1 Å². The van der Waals surface area contributed by atoms with Crippen molar-refractivity contribution in [1.82, 2.24) is 0 Å². The third kappa shape index (κ3) is 4.19. The molecule has 0 N–H and O–H groups in total. The van der Waals surface area contributed by atoms with Gasteiger partial charge in [0.2, 0.25) is 0 Å². The highest BCUT2D eigenvalue weighted by molar-refractivity contribution is 6.09. The van der Waals surface area contributed by atoms with Gasteiger partial charge >= 0.3 is 6.18 Å². The Hall–Kier alpha value is -1.65. The number of alkyl halides is 3. The van der Waals surface area contributed by atoms with Gasteiger partial charge in [0.1, 0.15) is 5.78 Å². The monoisotopic (exact) mass is 272 g/mol. The summed E-state index contributed by atoms with van der Waals surface area (Å²) in [6.07, 6.45) is -4.88. The summed E-state index contributed by atoms with van der Waals surface area (Å²) in [5, 5.41) is 0. The molecule has 0 aliphatic carbocycles. The van der Waals surface area contributed by atoms with Gasteiger partial charge in [-0.25, -0.2) is 0 Å². The summed E-state index contributed by atoms with van der Waals surface area (Å²) in [7, 11) is 0. The van der Waals surface area contributed by atoms with E-state index in [0.717, 1.165) is 18.2 Å². The number of hydrogen-bond donors (Lipinski definition) is 0. The highest BCUT2D eigenvalue weighted by Gasteiger charge is 2.31. The fourth-order valence-electron chi connectivity index (χ4n) is 1.38. The lowest BCUT2D eigenvalue weighted by Crippen LogP contribution is -2.23. The van der Waals surface area contributed by atoms with E-state index in [9.17, 15) is 22.8 Å². The first-order chi connectivity index (χ1) is 8.51. The van der Waals surface area contributed by atoms with Crippen LogP contribution in [0.5, 0.6) is 0 Å². The van der Waals surface area contributed by atoms with Crippen molar-refractivity contribution < 1.29 is 22.8 Å². The minimum absolute atomic E-state index is 0.0903. The molecule has 0 saturated carbocycles. The van der Waals surface area contributed by atoms with Crippen LogP contribution in [0.15, 0.2) is 24.3 Å². The van der Waals surface area contributed by atoms with Crippen molar-refractivity contribution in [3.63, 3.8) is 0 Å². The summed E-state index contributed by atoms with van der Waals surface area (Å²) in [6, 6.07) is 4.12. The van der Waals surface area contributed by atoms with Crippen molar-refractivity contribution in [3.05, 3.63) is 35.4 Å². The number of halogens is 3. The van der Waals surface area contributed by atoms with Gasteiger partial charge < -0.3 is 0 Å². The van der Waals surface area contributed by atoms with Gasteiger partial charge in [0, 0.05) is 11.0 Å². The van der Waals surface area contributed by atoms with E-state index in [0.29, 0.717) is 0 Å². The number of carbonyl (C=O) groups excluding carboxylic acids is 2. The lowest BCUT2D eigenvalue weighted by atomic mass is 9.87. The van der Waals surface area contributed by atoms with Gasteiger partial charge in [-0.05, 0) is 12.1 Å². The van der Waals surface area contributed by atoms with Crippen LogP contribution in [0.3, 0.4) is 0 Å². The number of rotatable bonds is 3. The van der Waals surface area contributed by atoms with E-state index in [1.807, 2.05) is 0 Å². The first kappa shape index (κ1) is 15.4. The van der Waals surface area contributed by atoms with Gasteiger partial charge in [0.15, 0.2) is 5.78 Å². The normalized spacial score (nSPS) is 12.3. The van der Waals surface area contributed by atoms with E-state index in [1.54, 1.807) is 20.8 Å². The minimum atomic E-state index is -4.50. The van der Waals surface area contributed by atoms with E-state index in [1.165, 1.54) is 6.07 Å². The van der Waals surface area contributed by atoms with Crippen LogP contribution in [0.1, 0.15) is 43.1 Å². The lowest BCUT2D eigenvalue weighted by molar-refractivity contribution is -0.137.